The van der Waals surface area contributed by atoms with Gasteiger partial charge in [-0.25, -0.2) is 13.1 Å². The monoisotopic (exact) mass is 290 g/mol. The molecule has 2 aromatic carbocycles. The lowest BCUT2D eigenvalue weighted by Crippen LogP contribution is -2.24. The molecule has 0 bridgehead atoms. The fourth-order valence-corrected chi connectivity index (χ4v) is 2.96. The van der Waals surface area contributed by atoms with Gasteiger partial charge in [0.25, 0.3) is 0 Å². The summed E-state index contributed by atoms with van der Waals surface area (Å²) in [6, 6.07) is 14.7. The molecule has 5 heteroatoms. The zero-order valence-corrected chi connectivity index (χ0v) is 12.2. The van der Waals surface area contributed by atoms with Gasteiger partial charge in [0.1, 0.15) is 0 Å². The van der Waals surface area contributed by atoms with E-state index in [0.29, 0.717) is 17.8 Å². The fraction of sp³-hybridized carbons (Fsp3) is 0.200. The highest BCUT2D eigenvalue weighted by Crippen LogP contribution is 2.10. The number of benzene rings is 2. The highest BCUT2D eigenvalue weighted by Gasteiger charge is 2.11. The molecule has 2 aromatic rings. The van der Waals surface area contributed by atoms with Crippen molar-refractivity contribution in [3.8, 4) is 0 Å². The van der Waals surface area contributed by atoms with Crippen LogP contribution < -0.4 is 10.5 Å². The average Bonchev–Trinajstić information content (AvgIpc) is 2.37. The molecule has 2 rings (SSSR count). The van der Waals surface area contributed by atoms with Crippen LogP contribution in [0.5, 0.6) is 0 Å². The van der Waals surface area contributed by atoms with Gasteiger partial charge in [0, 0.05) is 12.2 Å². The molecule has 0 saturated heterocycles. The van der Waals surface area contributed by atoms with Crippen LogP contribution in [0.25, 0.3) is 0 Å². The van der Waals surface area contributed by atoms with E-state index >= 15 is 0 Å². The molecule has 0 fully saturated rings. The topological polar surface area (TPSA) is 72.2 Å². The number of anilines is 1. The van der Waals surface area contributed by atoms with E-state index in [0.717, 1.165) is 11.1 Å². The molecule has 0 heterocycles. The SMILES string of the molecule is Cc1ccc(CNS(=O)(=O)Cc2cccc(N)c2)cc1. The molecule has 0 radical (unpaired) electrons. The molecule has 0 aliphatic rings. The molecule has 0 spiro atoms. The first-order chi connectivity index (χ1) is 9.44. The maximum absolute atomic E-state index is 12.0. The lowest BCUT2D eigenvalue weighted by Gasteiger charge is -2.07. The van der Waals surface area contributed by atoms with Crippen molar-refractivity contribution in [2.75, 3.05) is 5.73 Å². The van der Waals surface area contributed by atoms with E-state index in [1.807, 2.05) is 31.2 Å². The Kier molecular flexibility index (Phi) is 4.42. The molecule has 0 atom stereocenters. The first-order valence-corrected chi connectivity index (χ1v) is 7.97. The van der Waals surface area contributed by atoms with Crippen molar-refractivity contribution >= 4 is 15.7 Å². The maximum Gasteiger partial charge on any atom is 0.216 e. The van der Waals surface area contributed by atoms with Gasteiger partial charge >= 0.3 is 0 Å². The van der Waals surface area contributed by atoms with Gasteiger partial charge in [-0.15, -0.1) is 0 Å². The Balaban J connectivity index is 1.99. The average molecular weight is 290 g/mol. The van der Waals surface area contributed by atoms with Gasteiger partial charge in [-0.2, -0.15) is 0 Å². The van der Waals surface area contributed by atoms with Crippen LogP contribution in [0.15, 0.2) is 48.5 Å². The van der Waals surface area contributed by atoms with Gasteiger partial charge < -0.3 is 5.73 Å². The van der Waals surface area contributed by atoms with Gasteiger partial charge in [-0.3, -0.25) is 0 Å². The van der Waals surface area contributed by atoms with E-state index < -0.39 is 10.0 Å². The number of nitrogens with one attached hydrogen (secondary N) is 1. The van der Waals surface area contributed by atoms with Crippen molar-refractivity contribution in [3.05, 3.63) is 65.2 Å². The summed E-state index contributed by atoms with van der Waals surface area (Å²) in [6.07, 6.45) is 0. The van der Waals surface area contributed by atoms with Crippen LogP contribution in [0.4, 0.5) is 5.69 Å². The van der Waals surface area contributed by atoms with E-state index in [1.54, 1.807) is 24.3 Å². The summed E-state index contributed by atoms with van der Waals surface area (Å²) in [5.74, 6) is -0.0656. The summed E-state index contributed by atoms with van der Waals surface area (Å²) in [5, 5.41) is 0. The van der Waals surface area contributed by atoms with Crippen LogP contribution in [-0.2, 0) is 22.3 Å². The Morgan fingerprint density at radius 2 is 1.75 bits per heavy atom. The summed E-state index contributed by atoms with van der Waals surface area (Å²) < 4.78 is 26.6. The van der Waals surface area contributed by atoms with Crippen molar-refractivity contribution in [2.24, 2.45) is 0 Å². The van der Waals surface area contributed by atoms with E-state index in [-0.39, 0.29) is 5.75 Å². The lowest BCUT2D eigenvalue weighted by atomic mass is 10.2. The number of rotatable bonds is 5. The standard InChI is InChI=1S/C15H18N2O2S/c1-12-5-7-13(8-6-12)10-17-20(18,19)11-14-3-2-4-15(16)9-14/h2-9,17H,10-11,16H2,1H3. The molecule has 0 saturated carbocycles. The molecule has 0 aliphatic carbocycles. The minimum atomic E-state index is -3.37. The van der Waals surface area contributed by atoms with Gasteiger partial charge in [-0.1, -0.05) is 42.0 Å². The number of nitrogen functional groups attached to an aromatic ring is 1. The van der Waals surface area contributed by atoms with Crippen LogP contribution >= 0.6 is 0 Å². The number of nitrogens with two attached hydrogens (primary N) is 1. The predicted molar refractivity (Wildman–Crippen MR) is 81.5 cm³/mol. The summed E-state index contributed by atoms with van der Waals surface area (Å²) >= 11 is 0. The molecule has 0 unspecified atom stereocenters. The Morgan fingerprint density at radius 1 is 1.05 bits per heavy atom. The lowest BCUT2D eigenvalue weighted by molar-refractivity contribution is 0.580. The quantitative estimate of drug-likeness (QED) is 0.829. The first-order valence-electron chi connectivity index (χ1n) is 6.32. The zero-order valence-electron chi connectivity index (χ0n) is 11.3. The van der Waals surface area contributed by atoms with Crippen LogP contribution in [0.2, 0.25) is 0 Å². The van der Waals surface area contributed by atoms with Crippen LogP contribution in [0, 0.1) is 6.92 Å². The van der Waals surface area contributed by atoms with E-state index in [1.165, 1.54) is 0 Å². The highest BCUT2D eigenvalue weighted by molar-refractivity contribution is 7.88. The Labute approximate surface area is 119 Å². The van der Waals surface area contributed by atoms with Gasteiger partial charge in [0.15, 0.2) is 0 Å². The molecule has 4 nitrogen and oxygen atoms in total. The number of hydrogen-bond donors (Lipinski definition) is 2. The van der Waals surface area contributed by atoms with Crippen LogP contribution in [-0.4, -0.2) is 8.42 Å². The Hall–Kier alpha value is -1.85. The summed E-state index contributed by atoms with van der Waals surface area (Å²) in [5.41, 5.74) is 8.98. The Bertz CT molecular complexity index is 679. The van der Waals surface area contributed by atoms with Gasteiger partial charge in [0.05, 0.1) is 5.75 Å². The Morgan fingerprint density at radius 3 is 2.40 bits per heavy atom. The minimum Gasteiger partial charge on any atom is -0.399 e. The van der Waals surface area contributed by atoms with Crippen molar-refractivity contribution in [3.63, 3.8) is 0 Å². The molecule has 106 valence electrons. The number of hydrogen-bond acceptors (Lipinski definition) is 3. The second-order valence-electron chi connectivity index (χ2n) is 4.81. The highest BCUT2D eigenvalue weighted by atomic mass is 32.2. The summed E-state index contributed by atoms with van der Waals surface area (Å²) in [7, 11) is -3.37. The largest absolute Gasteiger partial charge is 0.399 e. The molecule has 0 amide bonds. The second kappa shape index (κ2) is 6.07. The molecular formula is C15H18N2O2S. The van der Waals surface area contributed by atoms with Crippen LogP contribution in [0.3, 0.4) is 0 Å². The van der Waals surface area contributed by atoms with E-state index in [4.69, 9.17) is 5.73 Å². The maximum atomic E-state index is 12.0. The van der Waals surface area contributed by atoms with E-state index in [9.17, 15) is 8.42 Å². The van der Waals surface area contributed by atoms with Crippen molar-refractivity contribution in [1.29, 1.82) is 0 Å². The molecule has 0 aromatic heterocycles. The number of aryl methyl sites for hydroxylation is 1. The van der Waals surface area contributed by atoms with Gasteiger partial charge in [-0.05, 0) is 30.2 Å². The molecule has 0 aliphatic heterocycles. The summed E-state index contributed by atoms with van der Waals surface area (Å²) in [6.45, 7) is 2.29. The van der Waals surface area contributed by atoms with Crippen LogP contribution in [0.1, 0.15) is 16.7 Å². The minimum absolute atomic E-state index is 0.0656. The third-order valence-corrected chi connectivity index (χ3v) is 4.22. The predicted octanol–water partition coefficient (Wildman–Crippen LogP) is 2.20. The van der Waals surface area contributed by atoms with Crippen molar-refractivity contribution in [2.45, 2.75) is 19.2 Å². The smallest absolute Gasteiger partial charge is 0.216 e. The van der Waals surface area contributed by atoms with Crippen molar-refractivity contribution in [1.82, 2.24) is 4.72 Å². The molecule has 20 heavy (non-hydrogen) atoms. The molecular weight excluding hydrogens is 272 g/mol. The normalized spacial score (nSPS) is 11.4. The second-order valence-corrected chi connectivity index (χ2v) is 6.62. The van der Waals surface area contributed by atoms with Crippen molar-refractivity contribution < 1.29 is 8.42 Å². The first kappa shape index (κ1) is 14.6. The number of sulfonamides is 1. The van der Waals surface area contributed by atoms with E-state index in [2.05, 4.69) is 4.72 Å². The zero-order chi connectivity index (χ0) is 14.6. The fourth-order valence-electron chi connectivity index (χ4n) is 1.85. The third kappa shape index (κ3) is 4.36. The molecule has 3 N–H and O–H groups in total. The van der Waals surface area contributed by atoms with Gasteiger partial charge in [0.2, 0.25) is 10.0 Å². The third-order valence-electron chi connectivity index (χ3n) is 2.92. The summed E-state index contributed by atoms with van der Waals surface area (Å²) in [4.78, 5) is 0.